The van der Waals surface area contributed by atoms with Crippen molar-refractivity contribution in [2.45, 2.75) is 31.2 Å². The lowest BCUT2D eigenvalue weighted by Gasteiger charge is -2.38. The summed E-state index contributed by atoms with van der Waals surface area (Å²) in [6, 6.07) is 8.85. The minimum Gasteiger partial charge on any atom is -0.381 e. The van der Waals surface area contributed by atoms with E-state index >= 15 is 0 Å². The van der Waals surface area contributed by atoms with Crippen LogP contribution in [0.25, 0.3) is 0 Å². The molecule has 28 heavy (non-hydrogen) atoms. The van der Waals surface area contributed by atoms with Gasteiger partial charge in [-0.15, -0.1) is 24.0 Å². The number of hydrogen-bond donors (Lipinski definition) is 2. The van der Waals surface area contributed by atoms with E-state index in [0.29, 0.717) is 19.8 Å². The molecule has 0 radical (unpaired) electrons. The van der Waals surface area contributed by atoms with Crippen LogP contribution in [0.5, 0.6) is 0 Å². The van der Waals surface area contributed by atoms with Crippen LogP contribution in [0.3, 0.4) is 0 Å². The maximum absolute atomic E-state index is 13.8. The Hall–Kier alpha value is -1.68. The summed E-state index contributed by atoms with van der Waals surface area (Å²) in [5.74, 6) is 0.567. The number of rotatable bonds is 7. The summed E-state index contributed by atoms with van der Waals surface area (Å²) >= 11 is 0. The SMILES string of the molecule is CN=C(NCCCn1cccn1)NCC1(c2cccc(F)c2)CCOCC1.I. The third kappa shape index (κ3) is 6.16. The molecule has 1 aromatic carbocycles. The number of aryl methyl sites for hydroxylation is 1. The van der Waals surface area contributed by atoms with Gasteiger partial charge < -0.3 is 15.4 Å². The Labute approximate surface area is 183 Å². The number of hydrogen-bond acceptors (Lipinski definition) is 3. The number of aliphatic imine (C=N–C) groups is 1. The summed E-state index contributed by atoms with van der Waals surface area (Å²) in [7, 11) is 1.77. The molecule has 1 saturated heterocycles. The minimum absolute atomic E-state index is 0. The molecule has 0 unspecified atom stereocenters. The third-order valence-corrected chi connectivity index (χ3v) is 5.12. The van der Waals surface area contributed by atoms with Gasteiger partial charge in [-0.3, -0.25) is 9.67 Å². The molecule has 6 nitrogen and oxygen atoms in total. The molecule has 1 aliphatic heterocycles. The van der Waals surface area contributed by atoms with Crippen molar-refractivity contribution in [2.24, 2.45) is 4.99 Å². The molecule has 3 rings (SSSR count). The van der Waals surface area contributed by atoms with Crippen molar-refractivity contribution in [2.75, 3.05) is 33.4 Å². The standard InChI is InChI=1S/C20H28FN5O.HI/c1-22-19(23-9-3-11-26-12-4-10-25-26)24-16-20(7-13-27-14-8-20)17-5-2-6-18(21)15-17;/h2,4-6,10,12,15H,3,7-9,11,13-14,16H2,1H3,(H2,22,23,24);1H. The minimum atomic E-state index is -0.195. The van der Waals surface area contributed by atoms with Crippen LogP contribution in [-0.2, 0) is 16.7 Å². The second-order valence-corrected chi connectivity index (χ2v) is 6.88. The number of aromatic nitrogens is 2. The first-order chi connectivity index (χ1) is 13.2. The van der Waals surface area contributed by atoms with Crippen LogP contribution in [-0.4, -0.2) is 49.1 Å². The van der Waals surface area contributed by atoms with Crippen LogP contribution in [0.2, 0.25) is 0 Å². The van der Waals surface area contributed by atoms with Crippen LogP contribution in [0.1, 0.15) is 24.8 Å². The smallest absolute Gasteiger partial charge is 0.191 e. The molecule has 0 aliphatic carbocycles. The molecule has 1 aliphatic rings. The number of benzene rings is 1. The molecule has 0 saturated carbocycles. The van der Waals surface area contributed by atoms with Gasteiger partial charge >= 0.3 is 0 Å². The van der Waals surface area contributed by atoms with Crippen LogP contribution in [0, 0.1) is 5.82 Å². The molecule has 154 valence electrons. The van der Waals surface area contributed by atoms with Gasteiger partial charge in [0.05, 0.1) is 0 Å². The van der Waals surface area contributed by atoms with Gasteiger partial charge in [0.25, 0.3) is 0 Å². The summed E-state index contributed by atoms with van der Waals surface area (Å²) in [6.07, 6.45) is 6.42. The second-order valence-electron chi connectivity index (χ2n) is 6.88. The van der Waals surface area contributed by atoms with E-state index in [0.717, 1.165) is 43.9 Å². The molecule has 0 atom stereocenters. The average Bonchev–Trinajstić information content (AvgIpc) is 3.22. The van der Waals surface area contributed by atoms with Gasteiger partial charge in [-0.2, -0.15) is 5.10 Å². The molecule has 8 heteroatoms. The van der Waals surface area contributed by atoms with Crippen molar-refractivity contribution in [3.8, 4) is 0 Å². The molecular weight excluding hydrogens is 472 g/mol. The number of nitrogens with one attached hydrogen (secondary N) is 2. The van der Waals surface area contributed by atoms with Gasteiger partial charge in [-0.1, -0.05) is 12.1 Å². The topological polar surface area (TPSA) is 63.5 Å². The number of nitrogens with zero attached hydrogens (tertiary/aromatic N) is 3. The maximum Gasteiger partial charge on any atom is 0.191 e. The Morgan fingerprint density at radius 3 is 2.79 bits per heavy atom. The Morgan fingerprint density at radius 1 is 1.29 bits per heavy atom. The van der Waals surface area contributed by atoms with E-state index in [9.17, 15) is 4.39 Å². The third-order valence-electron chi connectivity index (χ3n) is 5.12. The quantitative estimate of drug-likeness (QED) is 0.265. The number of halogens is 2. The summed E-state index contributed by atoms with van der Waals surface area (Å²) in [5, 5.41) is 11.0. The summed E-state index contributed by atoms with van der Waals surface area (Å²) in [4.78, 5) is 4.32. The Morgan fingerprint density at radius 2 is 2.11 bits per heavy atom. The van der Waals surface area contributed by atoms with Crippen molar-refractivity contribution >= 4 is 29.9 Å². The fraction of sp³-hybridized carbons (Fsp3) is 0.500. The van der Waals surface area contributed by atoms with Crippen molar-refractivity contribution < 1.29 is 9.13 Å². The highest BCUT2D eigenvalue weighted by atomic mass is 127. The number of ether oxygens (including phenoxy) is 1. The van der Waals surface area contributed by atoms with Crippen molar-refractivity contribution in [3.63, 3.8) is 0 Å². The lowest BCUT2D eigenvalue weighted by molar-refractivity contribution is 0.0513. The van der Waals surface area contributed by atoms with Crippen LogP contribution in [0.4, 0.5) is 4.39 Å². The van der Waals surface area contributed by atoms with Crippen molar-refractivity contribution in [1.82, 2.24) is 20.4 Å². The largest absolute Gasteiger partial charge is 0.381 e. The highest BCUT2D eigenvalue weighted by molar-refractivity contribution is 14.0. The molecule has 0 spiro atoms. The zero-order valence-electron chi connectivity index (χ0n) is 16.2. The molecule has 2 heterocycles. The van der Waals surface area contributed by atoms with Crippen LogP contribution >= 0.6 is 24.0 Å². The molecular formula is C20H29FIN5O. The lowest BCUT2D eigenvalue weighted by Crippen LogP contribution is -2.48. The average molecular weight is 501 g/mol. The molecule has 0 amide bonds. The zero-order valence-corrected chi connectivity index (χ0v) is 18.6. The van der Waals surface area contributed by atoms with Crippen LogP contribution < -0.4 is 10.6 Å². The summed E-state index contributed by atoms with van der Waals surface area (Å²) < 4.78 is 21.2. The van der Waals surface area contributed by atoms with E-state index in [-0.39, 0.29) is 35.2 Å². The van der Waals surface area contributed by atoms with Gasteiger partial charge in [-0.05, 0) is 43.0 Å². The predicted molar refractivity (Wildman–Crippen MR) is 120 cm³/mol. The Kier molecular flexibility index (Phi) is 9.17. The van der Waals surface area contributed by atoms with E-state index in [4.69, 9.17) is 4.74 Å². The predicted octanol–water partition coefficient (Wildman–Crippen LogP) is 2.94. The normalized spacial score (nSPS) is 16.3. The zero-order chi connectivity index (χ0) is 19.0. The molecule has 0 bridgehead atoms. The molecule has 2 N–H and O–H groups in total. The maximum atomic E-state index is 13.8. The van der Waals surface area contributed by atoms with E-state index in [1.165, 1.54) is 6.07 Å². The molecule has 2 aromatic rings. The Bertz CT molecular complexity index is 732. The lowest BCUT2D eigenvalue weighted by atomic mass is 9.74. The van der Waals surface area contributed by atoms with Crippen LogP contribution in [0.15, 0.2) is 47.7 Å². The monoisotopic (exact) mass is 501 g/mol. The van der Waals surface area contributed by atoms with Crippen molar-refractivity contribution in [3.05, 3.63) is 54.1 Å². The first kappa shape index (κ1) is 22.6. The van der Waals surface area contributed by atoms with E-state index < -0.39 is 0 Å². The highest BCUT2D eigenvalue weighted by Gasteiger charge is 2.34. The summed E-state index contributed by atoms with van der Waals surface area (Å²) in [6.45, 7) is 3.73. The van der Waals surface area contributed by atoms with Gasteiger partial charge in [0.1, 0.15) is 5.82 Å². The second kappa shape index (κ2) is 11.4. The van der Waals surface area contributed by atoms with E-state index in [1.807, 2.05) is 23.0 Å². The first-order valence-corrected chi connectivity index (χ1v) is 9.48. The van der Waals surface area contributed by atoms with Gasteiger partial charge in [0.2, 0.25) is 0 Å². The summed E-state index contributed by atoms with van der Waals surface area (Å²) in [5.41, 5.74) is 0.875. The van der Waals surface area contributed by atoms with E-state index in [2.05, 4.69) is 20.7 Å². The van der Waals surface area contributed by atoms with Gasteiger partial charge in [0.15, 0.2) is 5.96 Å². The fourth-order valence-corrected chi connectivity index (χ4v) is 3.50. The first-order valence-electron chi connectivity index (χ1n) is 9.48. The molecule has 1 fully saturated rings. The van der Waals surface area contributed by atoms with E-state index in [1.54, 1.807) is 25.4 Å². The fourth-order valence-electron chi connectivity index (χ4n) is 3.50. The molecule has 1 aromatic heterocycles. The number of guanidine groups is 1. The Balaban J connectivity index is 0.00000280. The van der Waals surface area contributed by atoms with Crippen molar-refractivity contribution in [1.29, 1.82) is 0 Å². The van der Waals surface area contributed by atoms with Gasteiger partial charge in [0, 0.05) is 57.7 Å². The highest BCUT2D eigenvalue weighted by Crippen LogP contribution is 2.34. The van der Waals surface area contributed by atoms with Gasteiger partial charge in [-0.25, -0.2) is 4.39 Å².